The molecule has 0 aliphatic carbocycles. The molecule has 0 heterocycles. The fourth-order valence-corrected chi connectivity index (χ4v) is 2.39. The van der Waals surface area contributed by atoms with Gasteiger partial charge in [0.1, 0.15) is 24.9 Å². The average Bonchev–Trinajstić information content (AvgIpc) is 2.15. The lowest BCUT2D eigenvalue weighted by molar-refractivity contribution is 0.0147. The van der Waals surface area contributed by atoms with Crippen molar-refractivity contribution in [2.75, 3.05) is 24.9 Å². The third-order valence-corrected chi connectivity index (χ3v) is 3.82. The van der Waals surface area contributed by atoms with Crippen molar-refractivity contribution in [3.63, 3.8) is 0 Å². The van der Waals surface area contributed by atoms with Crippen LogP contribution in [0.5, 0.6) is 0 Å². The molecule has 104 valence electrons. The van der Waals surface area contributed by atoms with Crippen LogP contribution in [0.3, 0.4) is 0 Å². The van der Waals surface area contributed by atoms with Crippen LogP contribution in [0.25, 0.3) is 0 Å². The molecule has 0 aliphatic rings. The number of alkyl halides is 2. The predicted molar refractivity (Wildman–Crippen MR) is 55.8 cm³/mol. The van der Waals surface area contributed by atoms with Gasteiger partial charge in [-0.1, -0.05) is 6.92 Å². The van der Waals surface area contributed by atoms with Crippen LogP contribution in [0.1, 0.15) is 13.3 Å². The molecule has 0 unspecified atom stereocenters. The monoisotopic (exact) mass is 296 g/mol. The van der Waals surface area contributed by atoms with E-state index in [0.717, 1.165) is 0 Å². The molecule has 17 heavy (non-hydrogen) atoms. The van der Waals surface area contributed by atoms with Gasteiger partial charge in [-0.05, 0) is 6.42 Å². The number of hydrogen-bond donors (Lipinski definition) is 0. The van der Waals surface area contributed by atoms with Gasteiger partial charge in [0.05, 0.1) is 0 Å². The van der Waals surface area contributed by atoms with Crippen molar-refractivity contribution in [3.05, 3.63) is 0 Å². The summed E-state index contributed by atoms with van der Waals surface area (Å²) < 4.78 is 76.4. The first-order chi connectivity index (χ1) is 7.76. The second kappa shape index (κ2) is 7.19. The average molecular weight is 296 g/mol. The van der Waals surface area contributed by atoms with Crippen LogP contribution >= 0.6 is 0 Å². The lowest BCUT2D eigenvalue weighted by atomic mass is 10.5. The minimum Gasteiger partial charge on any atom is -0.250 e. The van der Waals surface area contributed by atoms with Gasteiger partial charge in [0, 0.05) is 0 Å². The Balaban J connectivity index is 4.56. The molecule has 0 rings (SSSR count). The molecule has 10 heteroatoms. The Morgan fingerprint density at radius 3 is 1.53 bits per heavy atom. The van der Waals surface area contributed by atoms with Crippen LogP contribution in [0.15, 0.2) is 0 Å². The van der Waals surface area contributed by atoms with Gasteiger partial charge < -0.3 is 0 Å². The van der Waals surface area contributed by atoms with Gasteiger partial charge in [-0.15, -0.1) is 0 Å². The van der Waals surface area contributed by atoms with Crippen LogP contribution in [0, 0.1) is 0 Å². The lowest BCUT2D eigenvalue weighted by Gasteiger charge is -2.15. The zero-order chi connectivity index (χ0) is 13.5. The second-order valence-corrected chi connectivity index (χ2v) is 6.36. The first-order valence-corrected chi connectivity index (χ1v) is 7.85. The van der Waals surface area contributed by atoms with E-state index in [1.54, 1.807) is 0 Å². The van der Waals surface area contributed by atoms with Gasteiger partial charge in [0.15, 0.2) is 6.29 Å². The highest BCUT2D eigenvalue weighted by Crippen LogP contribution is 2.10. The minimum atomic E-state index is -4.19. The van der Waals surface area contributed by atoms with Crippen molar-refractivity contribution in [1.29, 1.82) is 0 Å². The fourth-order valence-electron chi connectivity index (χ4n) is 0.764. The first-order valence-electron chi connectivity index (χ1n) is 4.70. The van der Waals surface area contributed by atoms with Crippen LogP contribution < -0.4 is 0 Å². The molecule has 0 spiro atoms. The quantitative estimate of drug-likeness (QED) is 0.451. The summed E-state index contributed by atoms with van der Waals surface area (Å²) in [4.78, 5) is 0. The zero-order valence-electron chi connectivity index (χ0n) is 9.13. The number of hydrogen-bond acceptors (Lipinski definition) is 6. The van der Waals surface area contributed by atoms with Gasteiger partial charge in [-0.2, -0.15) is 16.8 Å². The van der Waals surface area contributed by atoms with E-state index >= 15 is 0 Å². The highest BCUT2D eigenvalue weighted by molar-refractivity contribution is 7.87. The van der Waals surface area contributed by atoms with Gasteiger partial charge in [-0.3, -0.25) is 0 Å². The molecule has 0 atom stereocenters. The van der Waals surface area contributed by atoms with Crippen LogP contribution in [-0.4, -0.2) is 48.0 Å². The summed E-state index contributed by atoms with van der Waals surface area (Å²) >= 11 is 0. The summed E-state index contributed by atoms with van der Waals surface area (Å²) in [5.74, 6) is -1.79. The highest BCUT2D eigenvalue weighted by Gasteiger charge is 2.24. The van der Waals surface area contributed by atoms with Gasteiger partial charge in [-0.25, -0.2) is 17.1 Å². The van der Waals surface area contributed by atoms with Crippen LogP contribution in [0.4, 0.5) is 8.78 Å². The number of rotatable bonds is 9. The minimum absolute atomic E-state index is 0.100. The van der Waals surface area contributed by atoms with Gasteiger partial charge in [0.2, 0.25) is 0 Å². The SMILES string of the molecule is CCC(OS(=O)(=O)CCF)OS(=O)(=O)CCF. The van der Waals surface area contributed by atoms with Gasteiger partial charge >= 0.3 is 0 Å². The van der Waals surface area contributed by atoms with Crippen molar-refractivity contribution in [2.45, 2.75) is 19.6 Å². The standard InChI is InChI=1S/C7H14F2O6S2/c1-2-7(14-16(10,11)5-3-8)15-17(12,13)6-4-9/h7H,2-6H2,1H3. The lowest BCUT2D eigenvalue weighted by Crippen LogP contribution is -2.27. The molecule has 0 saturated carbocycles. The molecule has 0 bridgehead atoms. The molecule has 0 aliphatic heterocycles. The Labute approximate surface area is 99.2 Å². The summed E-state index contributed by atoms with van der Waals surface area (Å²) in [7, 11) is -8.38. The maximum absolute atomic E-state index is 11.8. The molecule has 0 saturated heterocycles. The van der Waals surface area contributed by atoms with E-state index in [1.165, 1.54) is 6.92 Å². The third-order valence-electron chi connectivity index (χ3n) is 1.50. The Morgan fingerprint density at radius 2 is 1.29 bits per heavy atom. The van der Waals surface area contributed by atoms with Crippen LogP contribution in [0.2, 0.25) is 0 Å². The topological polar surface area (TPSA) is 86.7 Å². The smallest absolute Gasteiger partial charge is 0.250 e. The van der Waals surface area contributed by atoms with Crippen molar-refractivity contribution < 1.29 is 34.0 Å². The molecule has 6 nitrogen and oxygen atoms in total. The van der Waals surface area contributed by atoms with Crippen LogP contribution in [-0.2, 0) is 28.6 Å². The molecule has 0 aromatic rings. The van der Waals surface area contributed by atoms with Crippen molar-refractivity contribution in [3.8, 4) is 0 Å². The van der Waals surface area contributed by atoms with Gasteiger partial charge in [0.25, 0.3) is 20.2 Å². The maximum atomic E-state index is 11.8. The number of halogens is 2. The van der Waals surface area contributed by atoms with Crippen molar-refractivity contribution in [2.24, 2.45) is 0 Å². The Hall–Kier alpha value is -0.320. The molecule has 0 N–H and O–H groups in total. The Kier molecular flexibility index (Phi) is 7.05. The highest BCUT2D eigenvalue weighted by atomic mass is 32.2. The second-order valence-electron chi connectivity index (χ2n) is 2.93. The summed E-state index contributed by atoms with van der Waals surface area (Å²) in [5.41, 5.74) is 0. The zero-order valence-corrected chi connectivity index (χ0v) is 10.8. The fraction of sp³-hybridized carbons (Fsp3) is 1.00. The van der Waals surface area contributed by atoms with E-state index in [4.69, 9.17) is 0 Å². The van der Waals surface area contributed by atoms with Crippen molar-refractivity contribution in [1.82, 2.24) is 0 Å². The van der Waals surface area contributed by atoms with Crippen molar-refractivity contribution >= 4 is 20.2 Å². The van der Waals surface area contributed by atoms with E-state index in [9.17, 15) is 25.6 Å². The van der Waals surface area contributed by atoms with E-state index in [0.29, 0.717) is 0 Å². The summed E-state index contributed by atoms with van der Waals surface area (Å²) in [6.07, 6.45) is -1.69. The normalized spacial score (nSPS) is 13.2. The summed E-state index contributed by atoms with van der Waals surface area (Å²) in [5, 5.41) is 0. The molecular formula is C7H14F2O6S2. The molecule has 0 amide bonds. The van der Waals surface area contributed by atoms with E-state index < -0.39 is 51.4 Å². The predicted octanol–water partition coefficient (Wildman–Crippen LogP) is 0.354. The molecular weight excluding hydrogens is 282 g/mol. The molecule has 0 aromatic heterocycles. The maximum Gasteiger partial charge on any atom is 0.272 e. The Morgan fingerprint density at radius 1 is 0.941 bits per heavy atom. The third kappa shape index (κ3) is 7.58. The van der Waals surface area contributed by atoms with E-state index in [-0.39, 0.29) is 6.42 Å². The largest absolute Gasteiger partial charge is 0.272 e. The molecule has 0 aromatic carbocycles. The summed E-state index contributed by atoms with van der Waals surface area (Å²) in [6.45, 7) is -0.910. The molecule has 0 radical (unpaired) electrons. The Bertz CT molecular complexity index is 366. The molecule has 0 fully saturated rings. The first kappa shape index (κ1) is 16.7. The van der Waals surface area contributed by atoms with E-state index in [2.05, 4.69) is 8.37 Å². The van der Waals surface area contributed by atoms with E-state index in [1.807, 2.05) is 0 Å². The summed E-state index contributed by atoms with van der Waals surface area (Å²) in [6, 6.07) is 0.